The van der Waals surface area contributed by atoms with E-state index in [4.69, 9.17) is 10.2 Å². The molecule has 0 heterocycles. The Morgan fingerprint density at radius 3 is 1.68 bits per heavy atom. The number of unbranched alkanes of at least 4 members (excludes halogenated alkanes) is 6. The fraction of sp³-hybridized carbons (Fsp3) is 0.812. The second kappa shape index (κ2) is 12.0. The Bertz CT molecular complexity index is 354. The van der Waals surface area contributed by atoms with Crippen LogP contribution in [-0.4, -0.2) is 34.1 Å². The van der Waals surface area contributed by atoms with Gasteiger partial charge in [-0.05, 0) is 18.8 Å². The van der Waals surface area contributed by atoms with Crippen molar-refractivity contribution in [2.24, 2.45) is 5.92 Å². The van der Waals surface area contributed by atoms with Crippen molar-refractivity contribution < 1.29 is 24.6 Å². The number of rotatable bonds is 13. The normalized spacial score (nSPS) is 12.1. The molecule has 0 fully saturated rings. The van der Waals surface area contributed by atoms with Crippen LogP contribution in [0.1, 0.15) is 71.6 Å². The summed E-state index contributed by atoms with van der Waals surface area (Å²) in [5.41, 5.74) is 0. The quantitative estimate of drug-likeness (QED) is 0.453. The lowest BCUT2D eigenvalue weighted by Crippen LogP contribution is -2.44. The molecule has 6 heteroatoms. The van der Waals surface area contributed by atoms with Gasteiger partial charge >= 0.3 is 11.9 Å². The first kappa shape index (κ1) is 20.4. The molecule has 3 N–H and O–H groups in total. The first-order chi connectivity index (χ1) is 10.3. The number of carboxylic acid groups (broad SMARTS) is 2. The van der Waals surface area contributed by atoms with Crippen LogP contribution < -0.4 is 5.32 Å². The predicted molar refractivity (Wildman–Crippen MR) is 83.6 cm³/mol. The molecular weight excluding hydrogens is 286 g/mol. The number of hydrogen-bond donors (Lipinski definition) is 3. The van der Waals surface area contributed by atoms with E-state index in [1.54, 1.807) is 13.8 Å². The minimum Gasteiger partial charge on any atom is -0.481 e. The first-order valence-corrected chi connectivity index (χ1v) is 8.08. The Morgan fingerprint density at radius 1 is 0.818 bits per heavy atom. The lowest BCUT2D eigenvalue weighted by atomic mass is 10.0. The van der Waals surface area contributed by atoms with E-state index < -0.39 is 18.0 Å². The summed E-state index contributed by atoms with van der Waals surface area (Å²) in [5.74, 6) is -2.08. The third-order valence-corrected chi connectivity index (χ3v) is 3.54. The van der Waals surface area contributed by atoms with Gasteiger partial charge in [0.25, 0.3) is 0 Å². The molecular formula is C16H29NO5. The number of hydrogen-bond acceptors (Lipinski definition) is 3. The molecule has 128 valence electrons. The van der Waals surface area contributed by atoms with Crippen LogP contribution in [0.15, 0.2) is 0 Å². The van der Waals surface area contributed by atoms with Gasteiger partial charge in [-0.3, -0.25) is 9.59 Å². The molecule has 1 amide bonds. The highest BCUT2D eigenvalue weighted by molar-refractivity contribution is 5.83. The first-order valence-electron chi connectivity index (χ1n) is 8.08. The molecule has 1 unspecified atom stereocenters. The Balaban J connectivity index is 3.56. The van der Waals surface area contributed by atoms with Crippen LogP contribution in [0.4, 0.5) is 0 Å². The largest absolute Gasteiger partial charge is 0.481 e. The highest BCUT2D eigenvalue weighted by atomic mass is 16.4. The van der Waals surface area contributed by atoms with E-state index in [1.807, 2.05) is 0 Å². The number of aliphatic carboxylic acids is 2. The molecule has 0 aliphatic carbocycles. The van der Waals surface area contributed by atoms with E-state index in [-0.39, 0.29) is 18.2 Å². The topological polar surface area (TPSA) is 104 Å². The molecule has 0 aliphatic rings. The van der Waals surface area contributed by atoms with E-state index in [9.17, 15) is 14.4 Å². The van der Waals surface area contributed by atoms with E-state index in [0.29, 0.717) is 6.42 Å². The van der Waals surface area contributed by atoms with Gasteiger partial charge in [0.1, 0.15) is 6.04 Å². The molecule has 0 saturated carbocycles. The highest BCUT2D eigenvalue weighted by Crippen LogP contribution is 2.10. The molecule has 0 spiro atoms. The van der Waals surface area contributed by atoms with Crippen molar-refractivity contribution in [2.45, 2.75) is 77.7 Å². The molecule has 0 saturated heterocycles. The van der Waals surface area contributed by atoms with Gasteiger partial charge in [-0.25, -0.2) is 4.79 Å². The summed E-state index contributed by atoms with van der Waals surface area (Å²) < 4.78 is 0. The second-order valence-electron chi connectivity index (χ2n) is 6.00. The fourth-order valence-corrected chi connectivity index (χ4v) is 2.20. The standard InChI is InChI=1S/C16H29NO5/c1-12(2)15(16(21)22)17-13(18)10-8-6-4-3-5-7-9-11-14(19)20/h12,15H,3-11H2,1-2H3,(H,17,18)(H,19,20)(H,21,22). The van der Waals surface area contributed by atoms with E-state index in [0.717, 1.165) is 44.9 Å². The summed E-state index contributed by atoms with van der Waals surface area (Å²) in [6, 6.07) is -0.818. The average molecular weight is 315 g/mol. The van der Waals surface area contributed by atoms with Crippen molar-refractivity contribution in [3.8, 4) is 0 Å². The van der Waals surface area contributed by atoms with Gasteiger partial charge < -0.3 is 15.5 Å². The molecule has 0 aliphatic heterocycles. The minimum absolute atomic E-state index is 0.132. The molecule has 0 bridgehead atoms. The fourth-order valence-electron chi connectivity index (χ4n) is 2.20. The Kier molecular flexibility index (Phi) is 11.1. The summed E-state index contributed by atoms with van der Waals surface area (Å²) in [7, 11) is 0. The Hall–Kier alpha value is -1.59. The van der Waals surface area contributed by atoms with Gasteiger partial charge in [0.2, 0.25) is 5.91 Å². The molecule has 0 aromatic rings. The predicted octanol–water partition coefficient (Wildman–Crippen LogP) is 2.81. The Labute approximate surface area is 132 Å². The van der Waals surface area contributed by atoms with E-state index >= 15 is 0 Å². The van der Waals surface area contributed by atoms with E-state index in [2.05, 4.69) is 5.32 Å². The zero-order valence-electron chi connectivity index (χ0n) is 13.6. The van der Waals surface area contributed by atoms with Crippen LogP contribution in [-0.2, 0) is 14.4 Å². The minimum atomic E-state index is -0.996. The van der Waals surface area contributed by atoms with Crippen molar-refractivity contribution in [3.05, 3.63) is 0 Å². The Morgan fingerprint density at radius 2 is 1.27 bits per heavy atom. The van der Waals surface area contributed by atoms with Gasteiger partial charge in [0.05, 0.1) is 0 Å². The maximum atomic E-state index is 11.7. The van der Waals surface area contributed by atoms with Gasteiger partial charge in [0.15, 0.2) is 0 Å². The lowest BCUT2D eigenvalue weighted by Gasteiger charge is -2.17. The van der Waals surface area contributed by atoms with Crippen LogP contribution in [0.3, 0.4) is 0 Å². The van der Waals surface area contributed by atoms with Crippen LogP contribution in [0.2, 0.25) is 0 Å². The lowest BCUT2D eigenvalue weighted by molar-refractivity contribution is -0.143. The van der Waals surface area contributed by atoms with Crippen molar-refractivity contribution in [1.29, 1.82) is 0 Å². The SMILES string of the molecule is CC(C)C(NC(=O)CCCCCCCCCC(=O)O)C(=O)O. The molecule has 0 radical (unpaired) electrons. The van der Waals surface area contributed by atoms with Gasteiger partial charge in [-0.2, -0.15) is 0 Å². The second-order valence-corrected chi connectivity index (χ2v) is 6.00. The molecule has 1 atom stereocenters. The molecule has 0 rings (SSSR count). The van der Waals surface area contributed by atoms with Gasteiger partial charge in [-0.15, -0.1) is 0 Å². The van der Waals surface area contributed by atoms with Crippen molar-refractivity contribution in [3.63, 3.8) is 0 Å². The zero-order chi connectivity index (χ0) is 17.0. The van der Waals surface area contributed by atoms with Crippen LogP contribution in [0.25, 0.3) is 0 Å². The van der Waals surface area contributed by atoms with Crippen molar-refractivity contribution in [1.82, 2.24) is 5.32 Å². The maximum absolute atomic E-state index is 11.7. The zero-order valence-corrected chi connectivity index (χ0v) is 13.6. The van der Waals surface area contributed by atoms with Crippen molar-refractivity contribution >= 4 is 17.8 Å². The van der Waals surface area contributed by atoms with Crippen molar-refractivity contribution in [2.75, 3.05) is 0 Å². The van der Waals surface area contributed by atoms with Gasteiger partial charge in [-0.1, -0.05) is 46.0 Å². The number of carboxylic acids is 2. The number of nitrogens with one attached hydrogen (secondary N) is 1. The molecule has 22 heavy (non-hydrogen) atoms. The molecule has 0 aromatic heterocycles. The van der Waals surface area contributed by atoms with E-state index in [1.165, 1.54) is 0 Å². The smallest absolute Gasteiger partial charge is 0.326 e. The number of amides is 1. The van der Waals surface area contributed by atoms with Crippen LogP contribution >= 0.6 is 0 Å². The third kappa shape index (κ3) is 11.1. The summed E-state index contributed by atoms with van der Waals surface area (Å²) in [4.78, 5) is 33.0. The average Bonchev–Trinajstić information content (AvgIpc) is 2.41. The van der Waals surface area contributed by atoms with Crippen LogP contribution in [0, 0.1) is 5.92 Å². The summed E-state index contributed by atoms with van der Waals surface area (Å²) in [6.07, 6.45) is 7.03. The third-order valence-electron chi connectivity index (χ3n) is 3.54. The van der Waals surface area contributed by atoms with Gasteiger partial charge in [0, 0.05) is 12.8 Å². The summed E-state index contributed by atoms with van der Waals surface area (Å²) in [6.45, 7) is 3.53. The summed E-state index contributed by atoms with van der Waals surface area (Å²) in [5, 5.41) is 20.0. The highest BCUT2D eigenvalue weighted by Gasteiger charge is 2.22. The monoisotopic (exact) mass is 315 g/mol. The maximum Gasteiger partial charge on any atom is 0.326 e. The molecule has 0 aromatic carbocycles. The molecule has 6 nitrogen and oxygen atoms in total. The summed E-state index contributed by atoms with van der Waals surface area (Å²) >= 11 is 0. The number of carbonyl (C=O) groups excluding carboxylic acids is 1. The van der Waals surface area contributed by atoms with Crippen LogP contribution in [0.5, 0.6) is 0 Å². The number of carbonyl (C=O) groups is 3.